The Morgan fingerprint density at radius 3 is 2.91 bits per heavy atom. The highest BCUT2D eigenvalue weighted by molar-refractivity contribution is 5.93. The van der Waals surface area contributed by atoms with Crippen LogP contribution in [-0.2, 0) is 4.79 Å². The van der Waals surface area contributed by atoms with Gasteiger partial charge in [0.05, 0.1) is 17.2 Å². The summed E-state index contributed by atoms with van der Waals surface area (Å²) in [5.41, 5.74) is 1.29. The molecule has 0 bridgehead atoms. The number of anilines is 1. The van der Waals surface area contributed by atoms with Gasteiger partial charge < -0.3 is 10.6 Å². The minimum Gasteiger partial charge on any atom is -0.324 e. The summed E-state index contributed by atoms with van der Waals surface area (Å²) < 4.78 is 0. The van der Waals surface area contributed by atoms with Crippen LogP contribution in [0, 0.1) is 17.0 Å². The fraction of sp³-hybridized carbons (Fsp3) is 0.500. The third-order valence-electron chi connectivity index (χ3n) is 3.51. The Labute approximate surface area is 135 Å². The number of nitrogens with zero attached hydrogens (tertiary/aromatic N) is 2. The first-order valence-corrected chi connectivity index (χ1v) is 7.04. The largest absolute Gasteiger partial charge is 0.324 e. The molecule has 1 heterocycles. The molecule has 0 aliphatic carbocycles. The molecule has 1 aromatic rings. The molecule has 1 aliphatic rings. The summed E-state index contributed by atoms with van der Waals surface area (Å²) in [4.78, 5) is 24.5. The number of carbonyl (C=O) groups is 1. The second kappa shape index (κ2) is 8.67. The van der Waals surface area contributed by atoms with Crippen molar-refractivity contribution >= 4 is 29.7 Å². The van der Waals surface area contributed by atoms with Crippen molar-refractivity contribution in [1.29, 1.82) is 0 Å². The maximum atomic E-state index is 12.1. The van der Waals surface area contributed by atoms with Crippen LogP contribution in [0.3, 0.4) is 0 Å². The van der Waals surface area contributed by atoms with E-state index in [4.69, 9.17) is 0 Å². The summed E-state index contributed by atoms with van der Waals surface area (Å²) >= 11 is 0. The van der Waals surface area contributed by atoms with Gasteiger partial charge in [-0.1, -0.05) is 6.07 Å². The Morgan fingerprint density at radius 1 is 1.41 bits per heavy atom. The number of nitro groups is 1. The Bertz CT molecular complexity index is 531. The standard InChI is InChI=1S/C14H20N4O3.ClH/c1-11-3-4-12(18(20)21)9-13(11)16-14(19)10-17-7-2-5-15-6-8-17;/h3-4,9,15H,2,5-8,10H2,1H3,(H,16,19);1H. The van der Waals surface area contributed by atoms with Crippen LogP contribution < -0.4 is 10.6 Å². The second-order valence-electron chi connectivity index (χ2n) is 5.18. The molecule has 7 nitrogen and oxygen atoms in total. The number of halogens is 1. The van der Waals surface area contributed by atoms with Gasteiger partial charge in [0, 0.05) is 25.2 Å². The molecule has 0 atom stereocenters. The lowest BCUT2D eigenvalue weighted by atomic mass is 10.2. The van der Waals surface area contributed by atoms with Crippen LogP contribution in [0.15, 0.2) is 18.2 Å². The van der Waals surface area contributed by atoms with Crippen LogP contribution in [0.4, 0.5) is 11.4 Å². The van der Waals surface area contributed by atoms with Crippen molar-refractivity contribution in [2.75, 3.05) is 38.0 Å². The van der Waals surface area contributed by atoms with Crippen molar-refractivity contribution in [3.05, 3.63) is 33.9 Å². The van der Waals surface area contributed by atoms with E-state index in [1.54, 1.807) is 6.07 Å². The first kappa shape index (κ1) is 18.3. The minimum absolute atomic E-state index is 0. The fourth-order valence-electron chi connectivity index (χ4n) is 2.31. The average Bonchev–Trinajstić information content (AvgIpc) is 2.69. The molecule has 2 N–H and O–H groups in total. The zero-order chi connectivity index (χ0) is 15.2. The minimum atomic E-state index is -0.463. The molecule has 1 aliphatic heterocycles. The van der Waals surface area contributed by atoms with E-state index in [1.807, 2.05) is 6.92 Å². The van der Waals surface area contributed by atoms with Crippen molar-refractivity contribution < 1.29 is 9.72 Å². The van der Waals surface area contributed by atoms with Crippen LogP contribution in [0.1, 0.15) is 12.0 Å². The Hall–Kier alpha value is -1.70. The van der Waals surface area contributed by atoms with E-state index in [-0.39, 0.29) is 24.0 Å². The predicted octanol–water partition coefficient (Wildman–Crippen LogP) is 1.56. The Balaban J connectivity index is 0.00000242. The first-order chi connectivity index (χ1) is 10.1. The van der Waals surface area contributed by atoms with Gasteiger partial charge in [0.1, 0.15) is 0 Å². The molecule has 2 rings (SSSR count). The molecular weight excluding hydrogens is 308 g/mol. The molecule has 0 spiro atoms. The van der Waals surface area contributed by atoms with E-state index in [9.17, 15) is 14.9 Å². The summed E-state index contributed by atoms with van der Waals surface area (Å²) in [6.07, 6.45) is 1.02. The van der Waals surface area contributed by atoms with Crippen LogP contribution in [0.25, 0.3) is 0 Å². The molecule has 1 aromatic carbocycles. The zero-order valence-corrected chi connectivity index (χ0v) is 13.3. The van der Waals surface area contributed by atoms with Crippen molar-refractivity contribution in [2.24, 2.45) is 0 Å². The third-order valence-corrected chi connectivity index (χ3v) is 3.51. The molecule has 22 heavy (non-hydrogen) atoms. The van der Waals surface area contributed by atoms with Gasteiger partial charge in [0.15, 0.2) is 0 Å². The maximum Gasteiger partial charge on any atom is 0.271 e. The van der Waals surface area contributed by atoms with Gasteiger partial charge in [-0.25, -0.2) is 0 Å². The second-order valence-corrected chi connectivity index (χ2v) is 5.18. The van der Waals surface area contributed by atoms with Crippen LogP contribution in [0.5, 0.6) is 0 Å². The average molecular weight is 329 g/mol. The SMILES string of the molecule is Cc1ccc([N+](=O)[O-])cc1NC(=O)CN1CCCNCC1.Cl. The van der Waals surface area contributed by atoms with Gasteiger partial charge in [-0.3, -0.25) is 19.8 Å². The number of rotatable bonds is 4. The number of aryl methyl sites for hydroxylation is 1. The fourth-order valence-corrected chi connectivity index (χ4v) is 2.31. The van der Waals surface area contributed by atoms with Crippen LogP contribution in [0.2, 0.25) is 0 Å². The van der Waals surface area contributed by atoms with E-state index >= 15 is 0 Å². The van der Waals surface area contributed by atoms with Gasteiger partial charge in [-0.2, -0.15) is 0 Å². The number of benzene rings is 1. The van der Waals surface area contributed by atoms with Crippen LogP contribution >= 0.6 is 12.4 Å². The molecule has 1 amide bonds. The number of hydrogen-bond donors (Lipinski definition) is 2. The van der Waals surface area contributed by atoms with E-state index in [0.717, 1.165) is 38.2 Å². The molecule has 1 fully saturated rings. The van der Waals surface area contributed by atoms with Gasteiger partial charge in [0.25, 0.3) is 5.69 Å². The highest BCUT2D eigenvalue weighted by Crippen LogP contribution is 2.21. The number of nitrogens with one attached hydrogen (secondary N) is 2. The number of nitro benzene ring substituents is 1. The third kappa shape index (κ3) is 5.25. The molecule has 1 saturated heterocycles. The number of hydrogen-bond acceptors (Lipinski definition) is 5. The summed E-state index contributed by atoms with van der Waals surface area (Å²) in [6, 6.07) is 4.48. The highest BCUT2D eigenvalue weighted by Gasteiger charge is 2.15. The summed E-state index contributed by atoms with van der Waals surface area (Å²) in [5, 5.41) is 16.8. The molecule has 0 saturated carbocycles. The molecule has 0 radical (unpaired) electrons. The molecule has 8 heteroatoms. The van der Waals surface area contributed by atoms with Gasteiger partial charge in [0.2, 0.25) is 5.91 Å². The van der Waals surface area contributed by atoms with Crippen molar-refractivity contribution in [3.63, 3.8) is 0 Å². The quantitative estimate of drug-likeness (QED) is 0.647. The van der Waals surface area contributed by atoms with E-state index in [1.165, 1.54) is 12.1 Å². The normalized spacial score (nSPS) is 15.5. The molecular formula is C14H21ClN4O3. The van der Waals surface area contributed by atoms with Gasteiger partial charge in [-0.05, 0) is 32.0 Å². The monoisotopic (exact) mass is 328 g/mol. The van der Waals surface area contributed by atoms with Crippen molar-refractivity contribution in [2.45, 2.75) is 13.3 Å². The summed E-state index contributed by atoms with van der Waals surface area (Å²) in [7, 11) is 0. The van der Waals surface area contributed by atoms with Gasteiger partial charge >= 0.3 is 0 Å². The van der Waals surface area contributed by atoms with Gasteiger partial charge in [-0.15, -0.1) is 12.4 Å². The Morgan fingerprint density at radius 2 is 2.18 bits per heavy atom. The lowest BCUT2D eigenvalue weighted by molar-refractivity contribution is -0.384. The lowest BCUT2D eigenvalue weighted by Gasteiger charge is -2.19. The van der Waals surface area contributed by atoms with E-state index < -0.39 is 4.92 Å². The smallest absolute Gasteiger partial charge is 0.271 e. The number of carbonyl (C=O) groups excluding carboxylic acids is 1. The first-order valence-electron chi connectivity index (χ1n) is 7.04. The summed E-state index contributed by atoms with van der Waals surface area (Å²) in [5.74, 6) is -0.138. The van der Waals surface area contributed by atoms with Crippen molar-refractivity contribution in [1.82, 2.24) is 10.2 Å². The zero-order valence-electron chi connectivity index (χ0n) is 12.5. The molecule has 122 valence electrons. The molecule has 0 unspecified atom stereocenters. The highest BCUT2D eigenvalue weighted by atomic mass is 35.5. The van der Waals surface area contributed by atoms with E-state index in [0.29, 0.717) is 12.2 Å². The van der Waals surface area contributed by atoms with Crippen molar-refractivity contribution in [3.8, 4) is 0 Å². The Kier molecular flexibility index (Phi) is 7.23. The number of non-ortho nitro benzene ring substituents is 1. The number of amides is 1. The predicted molar refractivity (Wildman–Crippen MR) is 87.6 cm³/mol. The maximum absolute atomic E-state index is 12.1. The topological polar surface area (TPSA) is 87.5 Å². The van der Waals surface area contributed by atoms with Crippen LogP contribution in [-0.4, -0.2) is 48.5 Å². The lowest BCUT2D eigenvalue weighted by Crippen LogP contribution is -2.35. The molecule has 0 aromatic heterocycles. The summed E-state index contributed by atoms with van der Waals surface area (Å²) in [6.45, 7) is 5.69. The van der Waals surface area contributed by atoms with E-state index in [2.05, 4.69) is 15.5 Å².